The molecule has 0 aliphatic rings. The number of ether oxygens (including phenoxy) is 2. The number of anilines is 1. The Balaban J connectivity index is 2.32. The monoisotopic (exact) mass is 356 g/mol. The Morgan fingerprint density at radius 2 is 1.90 bits per heavy atom. The average molecular weight is 357 g/mol. The molecule has 112 valence electrons. The lowest BCUT2D eigenvalue weighted by molar-refractivity contribution is 0.218. The fourth-order valence-corrected chi connectivity index (χ4v) is 1.74. The van der Waals surface area contributed by atoms with Gasteiger partial charge >= 0.3 is 12.0 Å². The van der Waals surface area contributed by atoms with Crippen molar-refractivity contribution in [2.45, 2.75) is 20.0 Å². The molecule has 0 atom stereocenters. The second-order valence-corrected chi connectivity index (χ2v) is 5.17. The lowest BCUT2D eigenvalue weighted by Gasteiger charge is -2.11. The van der Waals surface area contributed by atoms with Crippen LogP contribution in [0.4, 0.5) is 10.3 Å². The number of aromatic nitrogens is 3. The van der Waals surface area contributed by atoms with Crippen molar-refractivity contribution in [2.24, 2.45) is 0 Å². The van der Waals surface area contributed by atoms with E-state index in [1.807, 2.05) is 13.8 Å². The van der Waals surface area contributed by atoms with Crippen LogP contribution in [-0.2, 0) is 0 Å². The van der Waals surface area contributed by atoms with Crippen molar-refractivity contribution < 1.29 is 13.9 Å². The van der Waals surface area contributed by atoms with E-state index in [0.717, 1.165) is 0 Å². The summed E-state index contributed by atoms with van der Waals surface area (Å²) in [5.74, 6) is 0.136. The molecule has 0 amide bonds. The van der Waals surface area contributed by atoms with Gasteiger partial charge in [0.15, 0.2) is 0 Å². The Morgan fingerprint density at radius 3 is 2.57 bits per heavy atom. The van der Waals surface area contributed by atoms with E-state index < -0.39 is 5.82 Å². The second kappa shape index (κ2) is 6.66. The third-order valence-corrected chi connectivity index (χ3v) is 2.91. The molecule has 1 heterocycles. The predicted octanol–water partition coefficient (Wildman–Crippen LogP) is 3.39. The molecule has 0 saturated carbocycles. The van der Waals surface area contributed by atoms with Gasteiger partial charge < -0.3 is 14.8 Å². The number of rotatable bonds is 5. The number of benzene rings is 1. The summed E-state index contributed by atoms with van der Waals surface area (Å²) in [5, 5.41) is 2.78. The van der Waals surface area contributed by atoms with Crippen LogP contribution in [0.5, 0.6) is 17.8 Å². The molecule has 2 rings (SSSR count). The van der Waals surface area contributed by atoms with Gasteiger partial charge in [0.1, 0.15) is 11.6 Å². The van der Waals surface area contributed by atoms with Gasteiger partial charge in [-0.2, -0.15) is 9.97 Å². The quantitative estimate of drug-likeness (QED) is 0.885. The molecule has 0 saturated heterocycles. The van der Waals surface area contributed by atoms with Crippen molar-refractivity contribution in [3.05, 3.63) is 28.5 Å². The molecular weight excluding hydrogens is 343 g/mol. The van der Waals surface area contributed by atoms with E-state index in [9.17, 15) is 4.39 Å². The van der Waals surface area contributed by atoms with Gasteiger partial charge in [-0.25, -0.2) is 4.39 Å². The minimum absolute atomic E-state index is 0.0105. The highest BCUT2D eigenvalue weighted by Gasteiger charge is 2.12. The van der Waals surface area contributed by atoms with Gasteiger partial charge in [0, 0.05) is 13.1 Å². The SMILES string of the molecule is CNc1nc(Oc2cc(F)ccc2Br)nc(OC(C)C)n1. The molecule has 1 aromatic carbocycles. The number of hydrogen-bond donors (Lipinski definition) is 1. The lowest BCUT2D eigenvalue weighted by atomic mass is 10.3. The molecule has 0 radical (unpaired) electrons. The molecule has 6 nitrogen and oxygen atoms in total. The molecule has 0 spiro atoms. The molecule has 21 heavy (non-hydrogen) atoms. The Labute approximate surface area is 129 Å². The van der Waals surface area contributed by atoms with Crippen molar-refractivity contribution in [3.8, 4) is 17.8 Å². The summed E-state index contributed by atoms with van der Waals surface area (Å²) in [6.07, 6.45) is -0.0918. The molecule has 0 bridgehead atoms. The Hall–Kier alpha value is -1.96. The molecule has 0 aliphatic carbocycles. The highest BCUT2D eigenvalue weighted by Crippen LogP contribution is 2.29. The van der Waals surface area contributed by atoms with E-state index in [1.165, 1.54) is 18.2 Å². The molecule has 0 aliphatic heterocycles. The average Bonchev–Trinajstić information content (AvgIpc) is 2.42. The van der Waals surface area contributed by atoms with E-state index in [1.54, 1.807) is 7.05 Å². The molecule has 2 aromatic rings. The van der Waals surface area contributed by atoms with Crippen LogP contribution in [0.1, 0.15) is 13.8 Å². The first-order valence-electron chi connectivity index (χ1n) is 6.21. The van der Waals surface area contributed by atoms with Gasteiger partial charge in [0.2, 0.25) is 5.95 Å². The van der Waals surface area contributed by atoms with Crippen LogP contribution in [-0.4, -0.2) is 28.1 Å². The van der Waals surface area contributed by atoms with Crippen LogP contribution in [0.25, 0.3) is 0 Å². The van der Waals surface area contributed by atoms with Crippen LogP contribution in [0.15, 0.2) is 22.7 Å². The summed E-state index contributed by atoms with van der Waals surface area (Å²) in [4.78, 5) is 12.1. The fraction of sp³-hybridized carbons (Fsp3) is 0.308. The Bertz CT molecular complexity index is 640. The smallest absolute Gasteiger partial charge is 0.330 e. The van der Waals surface area contributed by atoms with Gasteiger partial charge in [-0.15, -0.1) is 4.98 Å². The maximum Gasteiger partial charge on any atom is 0.330 e. The third kappa shape index (κ3) is 4.25. The van der Waals surface area contributed by atoms with Gasteiger partial charge in [-0.05, 0) is 41.9 Å². The van der Waals surface area contributed by atoms with Crippen LogP contribution >= 0.6 is 15.9 Å². The van der Waals surface area contributed by atoms with Crippen molar-refractivity contribution in [3.63, 3.8) is 0 Å². The zero-order valence-corrected chi connectivity index (χ0v) is 13.3. The van der Waals surface area contributed by atoms with E-state index in [2.05, 4.69) is 36.2 Å². The maximum atomic E-state index is 13.3. The zero-order chi connectivity index (χ0) is 15.4. The lowest BCUT2D eigenvalue weighted by Crippen LogP contribution is -2.11. The summed E-state index contributed by atoms with van der Waals surface area (Å²) >= 11 is 3.27. The molecule has 8 heteroatoms. The molecule has 0 fully saturated rings. The van der Waals surface area contributed by atoms with Crippen molar-refractivity contribution in [2.75, 3.05) is 12.4 Å². The Kier molecular flexibility index (Phi) is 4.89. The van der Waals surface area contributed by atoms with Gasteiger partial charge in [0.25, 0.3) is 0 Å². The summed E-state index contributed by atoms with van der Waals surface area (Å²) in [5.41, 5.74) is 0. The first kappa shape index (κ1) is 15.4. The fourth-order valence-electron chi connectivity index (χ4n) is 1.41. The summed E-state index contributed by atoms with van der Waals surface area (Å²) in [6, 6.07) is 4.23. The summed E-state index contributed by atoms with van der Waals surface area (Å²) < 4.78 is 24.7. The molecule has 0 unspecified atom stereocenters. The topological polar surface area (TPSA) is 69.2 Å². The van der Waals surface area contributed by atoms with E-state index >= 15 is 0 Å². The van der Waals surface area contributed by atoms with Crippen LogP contribution < -0.4 is 14.8 Å². The molecule has 1 aromatic heterocycles. The summed E-state index contributed by atoms with van der Waals surface area (Å²) in [6.45, 7) is 3.71. The molecule has 1 N–H and O–H groups in total. The van der Waals surface area contributed by atoms with E-state index in [-0.39, 0.29) is 23.9 Å². The number of hydrogen-bond acceptors (Lipinski definition) is 6. The van der Waals surface area contributed by atoms with Gasteiger partial charge in [-0.1, -0.05) is 0 Å². The number of nitrogens with zero attached hydrogens (tertiary/aromatic N) is 3. The normalized spacial score (nSPS) is 10.6. The van der Waals surface area contributed by atoms with Crippen molar-refractivity contribution in [1.82, 2.24) is 15.0 Å². The largest absolute Gasteiger partial charge is 0.461 e. The first-order chi connectivity index (χ1) is 9.97. The van der Waals surface area contributed by atoms with Crippen molar-refractivity contribution in [1.29, 1.82) is 0 Å². The highest BCUT2D eigenvalue weighted by molar-refractivity contribution is 9.10. The standard InChI is InChI=1S/C13H14BrFN4O2/c1-7(2)20-12-17-11(16-3)18-13(19-12)21-10-6-8(15)4-5-9(10)14/h4-7H,1-3H3,(H,16,17,18,19). The number of halogens is 2. The first-order valence-corrected chi connectivity index (χ1v) is 7.00. The maximum absolute atomic E-state index is 13.3. The minimum atomic E-state index is -0.422. The molecular formula is C13H14BrFN4O2. The predicted molar refractivity (Wildman–Crippen MR) is 79.3 cm³/mol. The van der Waals surface area contributed by atoms with Gasteiger partial charge in [0.05, 0.1) is 10.6 Å². The van der Waals surface area contributed by atoms with Crippen molar-refractivity contribution >= 4 is 21.9 Å². The zero-order valence-electron chi connectivity index (χ0n) is 11.7. The van der Waals surface area contributed by atoms with Crippen LogP contribution in [0.2, 0.25) is 0 Å². The van der Waals surface area contributed by atoms with E-state index in [4.69, 9.17) is 9.47 Å². The summed E-state index contributed by atoms with van der Waals surface area (Å²) in [7, 11) is 1.66. The number of nitrogens with one attached hydrogen (secondary N) is 1. The van der Waals surface area contributed by atoms with Gasteiger partial charge in [-0.3, -0.25) is 0 Å². The third-order valence-electron chi connectivity index (χ3n) is 2.25. The minimum Gasteiger partial charge on any atom is -0.461 e. The highest BCUT2D eigenvalue weighted by atomic mass is 79.9. The van der Waals surface area contributed by atoms with E-state index in [0.29, 0.717) is 10.4 Å². The second-order valence-electron chi connectivity index (χ2n) is 4.32. The van der Waals surface area contributed by atoms with Crippen LogP contribution in [0, 0.1) is 5.82 Å². The van der Waals surface area contributed by atoms with Crippen LogP contribution in [0.3, 0.4) is 0 Å². The Morgan fingerprint density at radius 1 is 1.19 bits per heavy atom.